The number of nitro benzene ring substituents is 1. The van der Waals surface area contributed by atoms with Gasteiger partial charge in [0.1, 0.15) is 11.4 Å². The maximum atomic E-state index is 14.0. The molecule has 1 N–H and O–H groups in total. The summed E-state index contributed by atoms with van der Waals surface area (Å²) in [6.07, 6.45) is 0. The predicted octanol–water partition coefficient (Wildman–Crippen LogP) is 5.44. The fourth-order valence-corrected chi connectivity index (χ4v) is 4.93. The number of phenolic OH excluding ortho intramolecular Hbond substituents is 1. The molecule has 2 heterocycles. The van der Waals surface area contributed by atoms with Crippen molar-refractivity contribution in [3.05, 3.63) is 106 Å². The van der Waals surface area contributed by atoms with Crippen LogP contribution in [-0.4, -0.2) is 37.5 Å². The fraction of sp³-hybridized carbons (Fsp3) is 0.0345. The maximum Gasteiger partial charge on any atom is 0.269 e. The number of phenols is 1. The number of nitrogens with zero attached hydrogens (tertiary/aromatic N) is 4. The number of hydrogen-bond acceptors (Lipinski definition) is 7. The summed E-state index contributed by atoms with van der Waals surface area (Å²) in [5.41, 5.74) is 1.74. The van der Waals surface area contributed by atoms with Gasteiger partial charge in [0.15, 0.2) is 0 Å². The van der Waals surface area contributed by atoms with Crippen molar-refractivity contribution in [2.45, 2.75) is 6.92 Å². The van der Waals surface area contributed by atoms with Gasteiger partial charge in [0, 0.05) is 30.0 Å². The number of non-ortho nitro benzene ring substituents is 1. The molecule has 0 fully saturated rings. The SMILES string of the molecule is CC(=O)n1nc(-c2ccccc2O)c2cc(-c3ccc([N+](=O)[O-])cc3)c3c(c21)C(=O)N(c1ccccc1)C3=O. The van der Waals surface area contributed by atoms with Crippen LogP contribution in [0.3, 0.4) is 0 Å². The fourth-order valence-electron chi connectivity index (χ4n) is 4.93. The Morgan fingerprint density at radius 1 is 0.872 bits per heavy atom. The average Bonchev–Trinajstić information content (AvgIpc) is 3.44. The minimum absolute atomic E-state index is 0.0147. The molecule has 4 aromatic carbocycles. The molecule has 1 aliphatic heterocycles. The number of benzene rings is 4. The van der Waals surface area contributed by atoms with Gasteiger partial charge in [-0.05, 0) is 53.6 Å². The highest BCUT2D eigenvalue weighted by atomic mass is 16.6. The van der Waals surface area contributed by atoms with E-state index >= 15 is 0 Å². The summed E-state index contributed by atoms with van der Waals surface area (Å²) in [7, 11) is 0. The normalized spacial score (nSPS) is 12.7. The molecular formula is C29H18N4O6. The van der Waals surface area contributed by atoms with Crippen LogP contribution in [0.1, 0.15) is 32.4 Å². The summed E-state index contributed by atoms with van der Waals surface area (Å²) < 4.78 is 1.06. The van der Waals surface area contributed by atoms with E-state index in [0.29, 0.717) is 27.8 Å². The largest absolute Gasteiger partial charge is 0.507 e. The number of fused-ring (bicyclic) bond motifs is 3. The van der Waals surface area contributed by atoms with Crippen LogP contribution in [0.15, 0.2) is 84.9 Å². The second kappa shape index (κ2) is 8.73. The van der Waals surface area contributed by atoms with Gasteiger partial charge in [-0.2, -0.15) is 9.78 Å². The second-order valence-corrected chi connectivity index (χ2v) is 8.95. The molecule has 0 atom stereocenters. The Morgan fingerprint density at radius 3 is 2.15 bits per heavy atom. The van der Waals surface area contributed by atoms with Crippen molar-refractivity contribution in [3.63, 3.8) is 0 Å². The first kappa shape index (κ1) is 23.7. The van der Waals surface area contributed by atoms with Gasteiger partial charge < -0.3 is 5.11 Å². The topological polar surface area (TPSA) is 136 Å². The van der Waals surface area contributed by atoms with Crippen LogP contribution in [0, 0.1) is 10.1 Å². The maximum absolute atomic E-state index is 14.0. The lowest BCUT2D eigenvalue weighted by atomic mass is 9.92. The van der Waals surface area contributed by atoms with E-state index in [4.69, 9.17) is 0 Å². The van der Waals surface area contributed by atoms with Crippen molar-refractivity contribution >= 4 is 40.0 Å². The van der Waals surface area contributed by atoms with Gasteiger partial charge >= 0.3 is 0 Å². The zero-order valence-electron chi connectivity index (χ0n) is 20.4. The molecule has 10 heteroatoms. The predicted molar refractivity (Wildman–Crippen MR) is 143 cm³/mol. The molecule has 0 unspecified atom stereocenters. The summed E-state index contributed by atoms with van der Waals surface area (Å²) >= 11 is 0. The molecule has 39 heavy (non-hydrogen) atoms. The number of imide groups is 1. The highest BCUT2D eigenvalue weighted by Crippen LogP contribution is 2.43. The smallest absolute Gasteiger partial charge is 0.269 e. The third kappa shape index (κ3) is 3.57. The first-order valence-electron chi connectivity index (χ1n) is 11.9. The molecule has 6 rings (SSSR count). The monoisotopic (exact) mass is 518 g/mol. The molecule has 0 aliphatic carbocycles. The van der Waals surface area contributed by atoms with Gasteiger partial charge in [-0.25, -0.2) is 4.90 Å². The highest BCUT2D eigenvalue weighted by molar-refractivity contribution is 6.39. The molecule has 1 aliphatic rings. The van der Waals surface area contributed by atoms with Gasteiger partial charge in [0.25, 0.3) is 17.5 Å². The van der Waals surface area contributed by atoms with Crippen molar-refractivity contribution in [1.29, 1.82) is 0 Å². The summed E-state index contributed by atoms with van der Waals surface area (Å²) in [6.45, 7) is 1.29. The van der Waals surface area contributed by atoms with Crippen LogP contribution < -0.4 is 4.90 Å². The Kier molecular flexibility index (Phi) is 5.32. The number of anilines is 1. The van der Waals surface area contributed by atoms with E-state index in [1.54, 1.807) is 54.6 Å². The van der Waals surface area contributed by atoms with Crippen LogP contribution in [0.5, 0.6) is 5.75 Å². The zero-order valence-corrected chi connectivity index (χ0v) is 20.4. The molecule has 5 aromatic rings. The third-order valence-corrected chi connectivity index (χ3v) is 6.66. The van der Waals surface area contributed by atoms with E-state index in [2.05, 4.69) is 5.10 Å². The molecule has 0 spiro atoms. The summed E-state index contributed by atoms with van der Waals surface area (Å²) in [6, 6.07) is 22.1. The van der Waals surface area contributed by atoms with Crippen molar-refractivity contribution in [3.8, 4) is 28.1 Å². The number of hydrogen-bond donors (Lipinski definition) is 1. The van der Waals surface area contributed by atoms with E-state index in [1.807, 2.05) is 0 Å². The van der Waals surface area contributed by atoms with Crippen LogP contribution in [-0.2, 0) is 0 Å². The minimum Gasteiger partial charge on any atom is -0.507 e. The van der Waals surface area contributed by atoms with Gasteiger partial charge in [-0.1, -0.05) is 30.3 Å². The first-order valence-corrected chi connectivity index (χ1v) is 11.9. The van der Waals surface area contributed by atoms with Crippen LogP contribution in [0.4, 0.5) is 11.4 Å². The number of amides is 2. The first-order chi connectivity index (χ1) is 18.8. The molecule has 0 radical (unpaired) electrons. The lowest BCUT2D eigenvalue weighted by molar-refractivity contribution is -0.384. The van der Waals surface area contributed by atoms with Gasteiger partial charge in [0.05, 0.1) is 27.3 Å². The van der Waals surface area contributed by atoms with Crippen LogP contribution in [0.2, 0.25) is 0 Å². The van der Waals surface area contributed by atoms with E-state index < -0.39 is 22.6 Å². The van der Waals surface area contributed by atoms with E-state index in [-0.39, 0.29) is 33.8 Å². The number of para-hydroxylation sites is 2. The van der Waals surface area contributed by atoms with Crippen molar-refractivity contribution in [2.75, 3.05) is 4.90 Å². The summed E-state index contributed by atoms with van der Waals surface area (Å²) in [5, 5.41) is 26.6. The Balaban J connectivity index is 1.73. The van der Waals surface area contributed by atoms with E-state index in [9.17, 15) is 29.6 Å². The van der Waals surface area contributed by atoms with E-state index in [1.165, 1.54) is 37.3 Å². The molecule has 0 saturated carbocycles. The number of rotatable bonds is 4. The lowest BCUT2D eigenvalue weighted by Gasteiger charge is -2.13. The quantitative estimate of drug-likeness (QED) is 0.190. The highest BCUT2D eigenvalue weighted by Gasteiger charge is 2.42. The van der Waals surface area contributed by atoms with Crippen LogP contribution in [0.25, 0.3) is 33.3 Å². The van der Waals surface area contributed by atoms with Crippen molar-refractivity contribution in [2.24, 2.45) is 0 Å². The summed E-state index contributed by atoms with van der Waals surface area (Å²) in [5.74, 6) is -1.82. The third-order valence-electron chi connectivity index (χ3n) is 6.66. The molecule has 10 nitrogen and oxygen atoms in total. The van der Waals surface area contributed by atoms with E-state index in [0.717, 1.165) is 9.58 Å². The Labute approximate surface area is 220 Å². The molecule has 0 saturated heterocycles. The Bertz CT molecular complexity index is 1860. The standard InChI is InChI=1S/C29H18N4O6/c1-16(34)32-27-22(26(30-32)20-9-5-6-10-23(20)35)15-21(17-11-13-19(14-12-17)33(38)39)24-25(27)29(37)31(28(24)36)18-7-3-2-4-8-18/h2-15,35H,1H3. The molecular weight excluding hydrogens is 500 g/mol. The minimum atomic E-state index is -0.638. The van der Waals surface area contributed by atoms with Crippen molar-refractivity contribution < 1.29 is 24.4 Å². The number of aromatic hydroxyl groups is 1. The van der Waals surface area contributed by atoms with Gasteiger partial charge in [-0.3, -0.25) is 24.5 Å². The summed E-state index contributed by atoms with van der Waals surface area (Å²) in [4.78, 5) is 52.3. The number of nitro groups is 1. The average molecular weight is 518 g/mol. The van der Waals surface area contributed by atoms with Gasteiger partial charge in [-0.15, -0.1) is 0 Å². The second-order valence-electron chi connectivity index (χ2n) is 8.95. The number of carbonyl (C=O) groups is 3. The zero-order chi connectivity index (χ0) is 27.4. The Hall–Kier alpha value is -5.64. The molecule has 0 bridgehead atoms. The number of aromatic nitrogens is 2. The Morgan fingerprint density at radius 2 is 1.51 bits per heavy atom. The van der Waals surface area contributed by atoms with Crippen LogP contribution >= 0.6 is 0 Å². The van der Waals surface area contributed by atoms with Gasteiger partial charge in [0.2, 0.25) is 5.91 Å². The molecule has 1 aromatic heterocycles. The molecule has 2 amide bonds. The van der Waals surface area contributed by atoms with Crippen molar-refractivity contribution in [1.82, 2.24) is 9.78 Å². The lowest BCUT2D eigenvalue weighted by Crippen LogP contribution is -2.29. The molecule has 190 valence electrons. The number of carbonyl (C=O) groups excluding carboxylic acids is 3.